The molecule has 0 aliphatic carbocycles. The summed E-state index contributed by atoms with van der Waals surface area (Å²) < 4.78 is 19.4. The van der Waals surface area contributed by atoms with Crippen molar-refractivity contribution >= 4 is 28.9 Å². The Morgan fingerprint density at radius 3 is 2.41 bits per heavy atom. The van der Waals surface area contributed by atoms with Crippen LogP contribution in [0.1, 0.15) is 16.7 Å². The molecule has 3 aromatic carbocycles. The number of allylic oxidation sites excluding steroid dienone is 1. The summed E-state index contributed by atoms with van der Waals surface area (Å²) in [6.45, 7) is -0.00701. The molecule has 0 aliphatic rings. The Bertz CT molecular complexity index is 1080. The largest absolute Gasteiger partial charge is 0.489 e. The summed E-state index contributed by atoms with van der Waals surface area (Å²) >= 11 is 5.98. The van der Waals surface area contributed by atoms with Gasteiger partial charge in [-0.25, -0.2) is 4.39 Å². The van der Waals surface area contributed by atoms with Gasteiger partial charge in [0.2, 0.25) is 0 Å². The number of nitro benzene ring substituents is 1. The second-order valence-electron chi connectivity index (χ2n) is 6.03. The minimum atomic E-state index is -0.493. The van der Waals surface area contributed by atoms with E-state index in [0.717, 1.165) is 5.56 Å². The summed E-state index contributed by atoms with van der Waals surface area (Å²) in [6, 6.07) is 19.2. The van der Waals surface area contributed by atoms with E-state index in [1.165, 1.54) is 36.4 Å². The van der Waals surface area contributed by atoms with Gasteiger partial charge in [-0.15, -0.1) is 0 Å². The number of nitro groups is 1. The second-order valence-corrected chi connectivity index (χ2v) is 6.44. The Morgan fingerprint density at radius 2 is 1.83 bits per heavy atom. The van der Waals surface area contributed by atoms with Crippen molar-refractivity contribution in [1.82, 2.24) is 0 Å². The predicted octanol–water partition coefficient (Wildman–Crippen LogP) is 6.03. The van der Waals surface area contributed by atoms with Gasteiger partial charge < -0.3 is 4.74 Å². The first-order chi connectivity index (χ1) is 14.0. The molecule has 7 heteroatoms. The maximum absolute atomic E-state index is 13.8. The van der Waals surface area contributed by atoms with Gasteiger partial charge in [-0.3, -0.25) is 10.1 Å². The molecule has 0 saturated heterocycles. The lowest BCUT2D eigenvalue weighted by molar-refractivity contribution is -0.384. The first kappa shape index (κ1) is 20.1. The van der Waals surface area contributed by atoms with E-state index in [0.29, 0.717) is 21.9 Å². The van der Waals surface area contributed by atoms with Gasteiger partial charge in [-0.1, -0.05) is 29.8 Å². The SMILES string of the molecule is N#C/C(=C/c1ccc(OCc2c(F)cccc2Cl)cc1)c1ccc([N+](=O)[O-])cc1. The van der Waals surface area contributed by atoms with Crippen LogP contribution in [0.3, 0.4) is 0 Å². The number of hydrogen-bond acceptors (Lipinski definition) is 4. The van der Waals surface area contributed by atoms with E-state index >= 15 is 0 Å². The molecule has 144 valence electrons. The molecule has 0 unspecified atom stereocenters. The molecule has 0 saturated carbocycles. The minimum absolute atomic E-state index is 0.00701. The zero-order valence-electron chi connectivity index (χ0n) is 15.0. The van der Waals surface area contributed by atoms with Gasteiger partial charge >= 0.3 is 0 Å². The number of rotatable bonds is 6. The van der Waals surface area contributed by atoms with Crippen LogP contribution in [0.2, 0.25) is 5.02 Å². The lowest BCUT2D eigenvalue weighted by Gasteiger charge is -2.09. The highest BCUT2D eigenvalue weighted by molar-refractivity contribution is 6.31. The van der Waals surface area contributed by atoms with Gasteiger partial charge in [0.05, 0.1) is 21.6 Å². The van der Waals surface area contributed by atoms with Crippen LogP contribution < -0.4 is 4.74 Å². The molecular weight excluding hydrogens is 395 g/mol. The Labute approximate surface area is 171 Å². The lowest BCUT2D eigenvalue weighted by Crippen LogP contribution is -1.99. The summed E-state index contributed by atoms with van der Waals surface area (Å²) in [6.07, 6.45) is 1.67. The fraction of sp³-hybridized carbons (Fsp3) is 0.0455. The van der Waals surface area contributed by atoms with Gasteiger partial charge in [0.1, 0.15) is 18.2 Å². The molecule has 0 heterocycles. The van der Waals surface area contributed by atoms with Gasteiger partial charge in [-0.2, -0.15) is 5.26 Å². The van der Waals surface area contributed by atoms with Crippen molar-refractivity contribution in [3.05, 3.63) is 104 Å². The van der Waals surface area contributed by atoms with E-state index in [1.54, 1.807) is 36.4 Å². The highest BCUT2D eigenvalue weighted by atomic mass is 35.5. The summed E-state index contributed by atoms with van der Waals surface area (Å²) in [4.78, 5) is 10.2. The molecule has 5 nitrogen and oxygen atoms in total. The number of benzene rings is 3. The van der Waals surface area contributed by atoms with Crippen LogP contribution in [0.5, 0.6) is 5.75 Å². The van der Waals surface area contributed by atoms with Crippen molar-refractivity contribution in [2.24, 2.45) is 0 Å². The highest BCUT2D eigenvalue weighted by Gasteiger charge is 2.09. The third kappa shape index (κ3) is 4.98. The molecule has 0 spiro atoms. The standard InChI is InChI=1S/C22H14ClFN2O3/c23-21-2-1-3-22(24)20(21)14-29-19-10-4-15(5-11-19)12-17(13-25)16-6-8-18(9-7-16)26(27)28/h1-12H,14H2/b17-12-. The van der Waals surface area contributed by atoms with Gasteiger partial charge in [0.25, 0.3) is 5.69 Å². The first-order valence-electron chi connectivity index (χ1n) is 8.50. The van der Waals surface area contributed by atoms with Crippen LogP contribution in [0.25, 0.3) is 11.6 Å². The van der Waals surface area contributed by atoms with Crippen molar-refractivity contribution in [1.29, 1.82) is 5.26 Å². The third-order valence-electron chi connectivity index (χ3n) is 4.15. The molecule has 0 radical (unpaired) electrons. The molecule has 3 aromatic rings. The van der Waals surface area contributed by atoms with Gasteiger partial charge in [-0.05, 0) is 53.6 Å². The lowest BCUT2D eigenvalue weighted by atomic mass is 10.0. The van der Waals surface area contributed by atoms with Crippen LogP contribution in [-0.2, 0) is 6.61 Å². The highest BCUT2D eigenvalue weighted by Crippen LogP contribution is 2.24. The number of nitrogens with zero attached hydrogens (tertiary/aromatic N) is 2. The Balaban J connectivity index is 1.73. The monoisotopic (exact) mass is 408 g/mol. The van der Waals surface area contributed by atoms with E-state index in [-0.39, 0.29) is 17.9 Å². The van der Waals surface area contributed by atoms with E-state index in [9.17, 15) is 19.8 Å². The molecule has 0 aliphatic heterocycles. The zero-order valence-corrected chi connectivity index (χ0v) is 15.8. The molecule has 0 N–H and O–H groups in total. The van der Waals surface area contributed by atoms with E-state index in [4.69, 9.17) is 16.3 Å². The number of nitriles is 1. The average Bonchev–Trinajstić information content (AvgIpc) is 2.72. The number of non-ortho nitro benzene ring substituents is 1. The topological polar surface area (TPSA) is 76.2 Å². The molecule has 0 bridgehead atoms. The van der Waals surface area contributed by atoms with Gasteiger partial charge in [0, 0.05) is 17.7 Å². The number of halogens is 2. The van der Waals surface area contributed by atoms with Crippen LogP contribution >= 0.6 is 11.6 Å². The van der Waals surface area contributed by atoms with Crippen molar-refractivity contribution < 1.29 is 14.1 Å². The quantitative estimate of drug-likeness (QED) is 0.216. The molecule has 0 fully saturated rings. The van der Waals surface area contributed by atoms with Crippen molar-refractivity contribution in [2.75, 3.05) is 0 Å². The Hall–Kier alpha value is -3.69. The van der Waals surface area contributed by atoms with Crippen LogP contribution in [0.15, 0.2) is 66.7 Å². The molecule has 0 atom stereocenters. The summed E-state index contributed by atoms with van der Waals surface area (Å²) in [5.74, 6) is 0.0918. The van der Waals surface area contributed by atoms with Crippen molar-refractivity contribution in [2.45, 2.75) is 6.61 Å². The van der Waals surface area contributed by atoms with Gasteiger partial charge in [0.15, 0.2) is 0 Å². The van der Waals surface area contributed by atoms with Crippen molar-refractivity contribution in [3.63, 3.8) is 0 Å². The van der Waals surface area contributed by atoms with Crippen LogP contribution in [0.4, 0.5) is 10.1 Å². The summed E-state index contributed by atoms with van der Waals surface area (Å²) in [5, 5.41) is 20.5. The van der Waals surface area contributed by atoms with Crippen LogP contribution in [-0.4, -0.2) is 4.92 Å². The Kier molecular flexibility index (Phi) is 6.22. The second kappa shape index (κ2) is 9.00. The average molecular weight is 409 g/mol. The van der Waals surface area contributed by atoms with Crippen molar-refractivity contribution in [3.8, 4) is 11.8 Å². The van der Waals surface area contributed by atoms with E-state index < -0.39 is 10.7 Å². The van der Waals surface area contributed by atoms with E-state index in [2.05, 4.69) is 6.07 Å². The maximum atomic E-state index is 13.8. The number of hydrogen-bond donors (Lipinski definition) is 0. The van der Waals surface area contributed by atoms with Crippen LogP contribution in [0, 0.1) is 27.3 Å². The minimum Gasteiger partial charge on any atom is -0.489 e. The summed E-state index contributed by atoms with van der Waals surface area (Å²) in [5.41, 5.74) is 1.93. The zero-order chi connectivity index (χ0) is 20.8. The fourth-order valence-electron chi connectivity index (χ4n) is 2.60. The summed E-state index contributed by atoms with van der Waals surface area (Å²) in [7, 11) is 0. The third-order valence-corrected chi connectivity index (χ3v) is 4.50. The van der Waals surface area contributed by atoms with E-state index in [1.807, 2.05) is 0 Å². The molecule has 0 amide bonds. The molecule has 29 heavy (non-hydrogen) atoms. The predicted molar refractivity (Wildman–Crippen MR) is 109 cm³/mol. The first-order valence-corrected chi connectivity index (χ1v) is 8.88. The number of ether oxygens (including phenoxy) is 1. The Morgan fingerprint density at radius 1 is 1.14 bits per heavy atom. The molecular formula is C22H14ClFN2O3. The smallest absolute Gasteiger partial charge is 0.269 e. The molecule has 3 rings (SSSR count). The molecule has 0 aromatic heterocycles. The maximum Gasteiger partial charge on any atom is 0.269 e. The normalized spacial score (nSPS) is 11.0. The fourth-order valence-corrected chi connectivity index (χ4v) is 2.81.